The van der Waals surface area contributed by atoms with Gasteiger partial charge in [0.1, 0.15) is 4.21 Å². The fraction of sp³-hybridized carbons (Fsp3) is 0.750. The normalized spacial score (nSPS) is 27.4. The van der Waals surface area contributed by atoms with Gasteiger partial charge in [-0.2, -0.15) is 4.31 Å². The SMILES string of the molecule is Cc1ccc(S(=O)(=O)N2CCCC(C(=O)N3CCN(CC4CCCO4)CC3)C2)s1. The van der Waals surface area contributed by atoms with Gasteiger partial charge >= 0.3 is 0 Å². The minimum absolute atomic E-state index is 0.115. The molecule has 3 aliphatic heterocycles. The number of thiophene rings is 1. The molecule has 162 valence electrons. The lowest BCUT2D eigenvalue weighted by Crippen LogP contribution is -2.53. The fourth-order valence-corrected chi connectivity index (χ4v) is 7.49. The van der Waals surface area contributed by atoms with E-state index in [0.29, 0.717) is 23.4 Å². The molecule has 9 heteroatoms. The molecule has 2 unspecified atom stereocenters. The van der Waals surface area contributed by atoms with Gasteiger partial charge in [-0.05, 0) is 44.7 Å². The molecule has 0 aliphatic carbocycles. The topological polar surface area (TPSA) is 70.2 Å². The van der Waals surface area contributed by atoms with Crippen LogP contribution in [0.4, 0.5) is 0 Å². The van der Waals surface area contributed by atoms with Crippen LogP contribution in [0, 0.1) is 12.8 Å². The minimum Gasteiger partial charge on any atom is -0.377 e. The van der Waals surface area contributed by atoms with Crippen molar-refractivity contribution in [2.75, 3.05) is 52.4 Å². The number of sulfonamides is 1. The highest BCUT2D eigenvalue weighted by molar-refractivity contribution is 7.91. The molecule has 0 radical (unpaired) electrons. The third-order valence-corrected chi connectivity index (χ3v) is 9.55. The Morgan fingerprint density at radius 2 is 1.93 bits per heavy atom. The van der Waals surface area contributed by atoms with Gasteiger partial charge in [0, 0.05) is 57.3 Å². The number of ether oxygens (including phenoxy) is 1. The van der Waals surface area contributed by atoms with E-state index in [1.165, 1.54) is 15.6 Å². The van der Waals surface area contributed by atoms with Crippen LogP contribution < -0.4 is 0 Å². The summed E-state index contributed by atoms with van der Waals surface area (Å²) in [6.45, 7) is 7.71. The van der Waals surface area contributed by atoms with Gasteiger partial charge in [-0.25, -0.2) is 8.42 Å². The molecular weight excluding hydrogens is 410 g/mol. The average molecular weight is 442 g/mol. The minimum atomic E-state index is -3.50. The van der Waals surface area contributed by atoms with Gasteiger partial charge in [0.2, 0.25) is 5.91 Å². The van der Waals surface area contributed by atoms with Crippen LogP contribution >= 0.6 is 11.3 Å². The molecule has 1 amide bonds. The third kappa shape index (κ3) is 4.85. The van der Waals surface area contributed by atoms with Crippen LogP contribution in [-0.2, 0) is 19.6 Å². The van der Waals surface area contributed by atoms with Crippen molar-refractivity contribution < 1.29 is 17.9 Å². The van der Waals surface area contributed by atoms with E-state index >= 15 is 0 Å². The smallest absolute Gasteiger partial charge is 0.252 e. The third-order valence-electron chi connectivity index (χ3n) is 6.21. The van der Waals surface area contributed by atoms with Crippen molar-refractivity contribution >= 4 is 27.3 Å². The zero-order chi connectivity index (χ0) is 20.4. The van der Waals surface area contributed by atoms with Gasteiger partial charge in [0.15, 0.2) is 0 Å². The van der Waals surface area contributed by atoms with Crippen LogP contribution in [0.3, 0.4) is 0 Å². The van der Waals surface area contributed by atoms with Crippen molar-refractivity contribution in [1.29, 1.82) is 0 Å². The molecule has 3 saturated heterocycles. The van der Waals surface area contributed by atoms with Crippen molar-refractivity contribution in [3.63, 3.8) is 0 Å². The summed E-state index contributed by atoms with van der Waals surface area (Å²) in [5.74, 6) is -0.117. The highest BCUT2D eigenvalue weighted by atomic mass is 32.2. The monoisotopic (exact) mass is 441 g/mol. The predicted molar refractivity (Wildman–Crippen MR) is 113 cm³/mol. The number of rotatable bonds is 5. The summed E-state index contributed by atoms with van der Waals surface area (Å²) >= 11 is 1.30. The van der Waals surface area contributed by atoms with E-state index in [1.54, 1.807) is 6.07 Å². The van der Waals surface area contributed by atoms with E-state index in [2.05, 4.69) is 4.90 Å². The Bertz CT molecular complexity index is 811. The van der Waals surface area contributed by atoms with Crippen LogP contribution in [0.1, 0.15) is 30.6 Å². The number of piperazine rings is 1. The van der Waals surface area contributed by atoms with E-state index < -0.39 is 10.0 Å². The second-order valence-electron chi connectivity index (χ2n) is 8.33. The number of carbonyl (C=O) groups is 1. The molecule has 3 fully saturated rings. The molecule has 1 aromatic heterocycles. The van der Waals surface area contributed by atoms with Crippen molar-refractivity contribution in [3.8, 4) is 0 Å². The maximum Gasteiger partial charge on any atom is 0.252 e. The van der Waals surface area contributed by atoms with Crippen molar-refractivity contribution in [2.24, 2.45) is 5.92 Å². The largest absolute Gasteiger partial charge is 0.377 e. The highest BCUT2D eigenvalue weighted by Crippen LogP contribution is 2.29. The predicted octanol–water partition coefficient (Wildman–Crippen LogP) is 1.78. The lowest BCUT2D eigenvalue weighted by molar-refractivity contribution is -0.138. The molecular formula is C20H31N3O4S2. The van der Waals surface area contributed by atoms with Crippen molar-refractivity contribution in [2.45, 2.75) is 42.9 Å². The molecule has 7 nitrogen and oxygen atoms in total. The second-order valence-corrected chi connectivity index (χ2v) is 11.8. The Hall–Kier alpha value is -1.00. The highest BCUT2D eigenvalue weighted by Gasteiger charge is 2.36. The number of carbonyl (C=O) groups excluding carboxylic acids is 1. The molecule has 2 atom stereocenters. The Labute approximate surface area is 177 Å². The maximum absolute atomic E-state index is 13.1. The molecule has 0 spiro atoms. The summed E-state index contributed by atoms with van der Waals surface area (Å²) in [6.07, 6.45) is 4.13. The van der Waals surface area contributed by atoms with Gasteiger partial charge in [-0.15, -0.1) is 11.3 Å². The maximum atomic E-state index is 13.1. The van der Waals surface area contributed by atoms with Crippen LogP contribution in [0.5, 0.6) is 0 Å². The lowest BCUT2D eigenvalue weighted by atomic mass is 9.97. The molecule has 3 aliphatic rings. The van der Waals surface area contributed by atoms with Crippen molar-refractivity contribution in [3.05, 3.63) is 17.0 Å². The zero-order valence-corrected chi connectivity index (χ0v) is 18.7. The first-order valence-corrected chi connectivity index (χ1v) is 12.9. The van der Waals surface area contributed by atoms with Gasteiger partial charge in [-0.1, -0.05) is 0 Å². The Balaban J connectivity index is 1.32. The van der Waals surface area contributed by atoms with Gasteiger partial charge in [-0.3, -0.25) is 9.69 Å². The fourth-order valence-electron chi connectivity index (χ4n) is 4.53. The number of hydrogen-bond acceptors (Lipinski definition) is 6. The Kier molecular flexibility index (Phi) is 6.60. The van der Waals surface area contributed by atoms with E-state index in [9.17, 15) is 13.2 Å². The first kappa shape index (κ1) is 21.2. The second kappa shape index (κ2) is 9.01. The number of amides is 1. The number of hydrogen-bond donors (Lipinski definition) is 0. The summed E-state index contributed by atoms with van der Waals surface area (Å²) in [5, 5.41) is 0. The van der Waals surface area contributed by atoms with Gasteiger partial charge in [0.25, 0.3) is 10.0 Å². The van der Waals surface area contributed by atoms with E-state index in [-0.39, 0.29) is 11.8 Å². The molecule has 0 saturated carbocycles. The first-order chi connectivity index (χ1) is 13.9. The average Bonchev–Trinajstić information content (AvgIpc) is 3.40. The van der Waals surface area contributed by atoms with E-state index in [1.807, 2.05) is 17.9 Å². The lowest BCUT2D eigenvalue weighted by Gasteiger charge is -2.39. The molecule has 0 N–H and O–H groups in total. The standard InChI is InChI=1S/C20H31N3O4S2/c1-16-6-7-19(28-16)29(25,26)23-8-2-4-17(14-23)20(24)22-11-9-21(10-12-22)15-18-5-3-13-27-18/h6-7,17-18H,2-5,8-15H2,1H3. The molecule has 0 bridgehead atoms. The van der Waals surface area contributed by atoms with Crippen molar-refractivity contribution in [1.82, 2.24) is 14.1 Å². The summed E-state index contributed by atoms with van der Waals surface area (Å²) in [5.41, 5.74) is 0. The quantitative estimate of drug-likeness (QED) is 0.697. The Morgan fingerprint density at radius 3 is 2.59 bits per heavy atom. The molecule has 4 rings (SSSR count). The molecule has 4 heterocycles. The van der Waals surface area contributed by atoms with Crippen LogP contribution in [-0.4, -0.2) is 87.0 Å². The first-order valence-electron chi connectivity index (χ1n) is 10.6. The van der Waals surface area contributed by atoms with Crippen LogP contribution in [0.25, 0.3) is 0 Å². The number of aryl methyl sites for hydroxylation is 1. The summed E-state index contributed by atoms with van der Waals surface area (Å²) in [7, 11) is -3.50. The molecule has 0 aromatic carbocycles. The number of nitrogens with zero attached hydrogens (tertiary/aromatic N) is 3. The van der Waals surface area contributed by atoms with E-state index in [0.717, 1.165) is 69.9 Å². The molecule has 29 heavy (non-hydrogen) atoms. The van der Waals surface area contributed by atoms with Gasteiger partial charge < -0.3 is 9.64 Å². The summed E-state index contributed by atoms with van der Waals surface area (Å²) in [6, 6.07) is 3.51. The van der Waals surface area contributed by atoms with Crippen LogP contribution in [0.2, 0.25) is 0 Å². The summed E-state index contributed by atoms with van der Waals surface area (Å²) < 4.78 is 33.5. The number of piperidine rings is 1. The van der Waals surface area contributed by atoms with Crippen LogP contribution in [0.15, 0.2) is 16.3 Å². The Morgan fingerprint density at radius 1 is 1.14 bits per heavy atom. The van der Waals surface area contributed by atoms with E-state index in [4.69, 9.17) is 4.74 Å². The molecule has 1 aromatic rings. The zero-order valence-electron chi connectivity index (χ0n) is 17.1. The van der Waals surface area contributed by atoms with Gasteiger partial charge in [0.05, 0.1) is 12.0 Å². The summed E-state index contributed by atoms with van der Waals surface area (Å²) in [4.78, 5) is 18.4.